The maximum absolute atomic E-state index is 12.3. The van der Waals surface area contributed by atoms with Crippen LogP contribution in [0.1, 0.15) is 27.1 Å². The van der Waals surface area contributed by atoms with Gasteiger partial charge in [0.15, 0.2) is 0 Å². The predicted octanol–water partition coefficient (Wildman–Crippen LogP) is 1.99. The van der Waals surface area contributed by atoms with Gasteiger partial charge in [-0.3, -0.25) is 9.69 Å². The summed E-state index contributed by atoms with van der Waals surface area (Å²) in [5, 5.41) is 2.25. The number of hydrogen-bond donors (Lipinski definition) is 1. The second-order valence-corrected chi connectivity index (χ2v) is 3.90. The molecule has 1 fully saturated rings. The lowest BCUT2D eigenvalue weighted by molar-refractivity contribution is -0.109. The number of unbranched alkanes of at least 4 members (excludes halogenated alkanes) is 3. The number of likely N-dealkylation sites (tertiary alicyclic amines) is 1. The van der Waals surface area contributed by atoms with Crippen molar-refractivity contribution in [1.29, 1.82) is 0 Å². The smallest absolute Gasteiger partial charge is 0.206 e. The molecule has 1 heterocycles. The van der Waals surface area contributed by atoms with Crippen molar-refractivity contribution in [1.82, 2.24) is 10.2 Å². The highest BCUT2D eigenvalue weighted by Crippen LogP contribution is 2.12. The molecule has 0 bridgehead atoms. The van der Waals surface area contributed by atoms with E-state index in [4.69, 9.17) is 4.79 Å². The zero-order valence-corrected chi connectivity index (χ0v) is 10.1. The second kappa shape index (κ2) is 10.6. The van der Waals surface area contributed by atoms with Crippen LogP contribution in [0.2, 0.25) is 0 Å². The summed E-state index contributed by atoms with van der Waals surface area (Å²) in [5.41, 5.74) is 0. The van der Waals surface area contributed by atoms with Crippen molar-refractivity contribution in [3.63, 3.8) is 0 Å². The molecule has 1 saturated heterocycles. The largest absolute Gasteiger partial charge is 0.362 e. The number of allylic oxidation sites excluding steroid dienone is 1. The molecule has 96 valence electrons. The van der Waals surface area contributed by atoms with Gasteiger partial charge in [-0.2, -0.15) is 0 Å². The van der Waals surface area contributed by atoms with Crippen molar-refractivity contribution in [2.75, 3.05) is 26.7 Å². The van der Waals surface area contributed by atoms with Gasteiger partial charge in [-0.1, -0.05) is 12.5 Å². The van der Waals surface area contributed by atoms with Gasteiger partial charge >= 0.3 is 0 Å². The Hall–Kier alpha value is -0.900. The Balaban J connectivity index is 0. The zero-order chi connectivity index (χ0) is 12.2. The van der Waals surface area contributed by atoms with E-state index in [1.54, 1.807) is 7.05 Å². The Morgan fingerprint density at radius 2 is 2.12 bits per heavy atom. The third-order valence-electron chi connectivity index (χ3n) is 2.41. The highest BCUT2D eigenvalue weighted by molar-refractivity contribution is 5.44. The van der Waals surface area contributed by atoms with Gasteiger partial charge in [-0.05, 0) is 25.8 Å². The van der Waals surface area contributed by atoms with E-state index in [1.165, 1.54) is 19.3 Å². The van der Waals surface area contributed by atoms with Gasteiger partial charge in [0.2, 0.25) is 6.41 Å². The van der Waals surface area contributed by atoms with E-state index in [0.29, 0.717) is 19.5 Å². The van der Waals surface area contributed by atoms with Crippen LogP contribution in [0.5, 0.6) is 0 Å². The van der Waals surface area contributed by atoms with Crippen LogP contribution in [-0.4, -0.2) is 44.2 Å². The van der Waals surface area contributed by atoms with Crippen LogP contribution in [0.25, 0.3) is 0 Å². The van der Waals surface area contributed by atoms with Gasteiger partial charge in [0.25, 0.3) is 0 Å². The molecule has 0 aliphatic carbocycles. The fourth-order valence-corrected chi connectivity index (χ4v) is 1.49. The fourth-order valence-electron chi connectivity index (χ4n) is 1.49. The van der Waals surface area contributed by atoms with E-state index in [9.17, 15) is 4.39 Å². The molecular formula is C12H25FN2O. The molecule has 1 aliphatic rings. The minimum atomic E-state index is -0.543. The summed E-state index contributed by atoms with van der Waals surface area (Å²) in [6.45, 7) is 6.09. The van der Waals surface area contributed by atoms with Gasteiger partial charge in [0, 0.05) is 21.6 Å². The molecule has 0 radical (unpaired) electrons. The molecule has 1 rings (SSSR count). The van der Waals surface area contributed by atoms with Gasteiger partial charge in [-0.15, -0.1) is 6.58 Å². The molecule has 1 N–H and O–H groups in total. The molecule has 0 unspecified atom stereocenters. The minimum absolute atomic E-state index is 0. The first kappa shape index (κ1) is 15.1. The summed E-state index contributed by atoms with van der Waals surface area (Å²) in [4.78, 5) is 11.2. The molecule has 1 aliphatic heterocycles. The fraction of sp³-hybridized carbons (Fsp3) is 0.750. The number of rotatable bonds is 7. The standard InChI is InChI=1S/C10H18FN.C2H5NO.H2/c1-2-3-4-5-6-7-12-8-10(11)9-12;1-3-2-4;/h2,10H,1,3-9H2;2H,1H3,(H,3,4);1H. The van der Waals surface area contributed by atoms with Crippen molar-refractivity contribution in [2.45, 2.75) is 31.9 Å². The first-order chi connectivity index (χ1) is 7.74. The number of halogens is 1. The van der Waals surface area contributed by atoms with Gasteiger partial charge in [0.05, 0.1) is 0 Å². The normalized spacial score (nSPS) is 15.6. The number of hydrogen-bond acceptors (Lipinski definition) is 2. The van der Waals surface area contributed by atoms with Crippen LogP contribution in [0.3, 0.4) is 0 Å². The third kappa shape index (κ3) is 8.41. The van der Waals surface area contributed by atoms with E-state index in [2.05, 4.69) is 16.8 Å². The summed E-state index contributed by atoms with van der Waals surface area (Å²) in [6, 6.07) is 0. The molecule has 3 nitrogen and oxygen atoms in total. The molecule has 16 heavy (non-hydrogen) atoms. The maximum Gasteiger partial charge on any atom is 0.206 e. The predicted molar refractivity (Wildman–Crippen MR) is 67.2 cm³/mol. The third-order valence-corrected chi connectivity index (χ3v) is 2.41. The molecular weight excluding hydrogens is 207 g/mol. The van der Waals surface area contributed by atoms with Crippen LogP contribution in [0.4, 0.5) is 4.39 Å². The molecule has 4 heteroatoms. The highest BCUT2D eigenvalue weighted by atomic mass is 19.1. The number of carbonyl (C=O) groups excluding carboxylic acids is 1. The van der Waals surface area contributed by atoms with Crippen molar-refractivity contribution in [2.24, 2.45) is 0 Å². The Kier molecular flexibility index (Phi) is 10.0. The van der Waals surface area contributed by atoms with E-state index >= 15 is 0 Å². The maximum atomic E-state index is 12.3. The molecule has 0 saturated carbocycles. The van der Waals surface area contributed by atoms with Crippen LogP contribution in [0.15, 0.2) is 12.7 Å². The monoisotopic (exact) mass is 232 g/mol. The number of amides is 1. The number of nitrogens with one attached hydrogen (secondary N) is 1. The van der Waals surface area contributed by atoms with E-state index in [1.807, 2.05) is 6.08 Å². The molecule has 0 aromatic heterocycles. The highest BCUT2D eigenvalue weighted by Gasteiger charge is 2.24. The average Bonchev–Trinajstić information content (AvgIpc) is 2.26. The lowest BCUT2D eigenvalue weighted by Gasteiger charge is -2.34. The lowest BCUT2D eigenvalue weighted by atomic mass is 10.1. The summed E-state index contributed by atoms with van der Waals surface area (Å²) >= 11 is 0. The SMILES string of the molecule is C=CCCCCCN1CC(F)C1.CNC=O.[HH]. The molecule has 0 atom stereocenters. The summed E-state index contributed by atoms with van der Waals surface area (Å²) in [6.07, 6.45) is 6.85. The summed E-state index contributed by atoms with van der Waals surface area (Å²) < 4.78 is 12.3. The van der Waals surface area contributed by atoms with Crippen molar-refractivity contribution in [3.8, 4) is 0 Å². The summed E-state index contributed by atoms with van der Waals surface area (Å²) in [5.74, 6) is 0. The lowest BCUT2D eigenvalue weighted by Crippen LogP contribution is -2.48. The minimum Gasteiger partial charge on any atom is -0.362 e. The second-order valence-electron chi connectivity index (χ2n) is 3.90. The molecule has 0 aromatic carbocycles. The van der Waals surface area contributed by atoms with E-state index in [-0.39, 0.29) is 1.43 Å². The molecule has 0 aromatic rings. The Labute approximate surface area is 99.2 Å². The van der Waals surface area contributed by atoms with E-state index < -0.39 is 6.17 Å². The quantitative estimate of drug-likeness (QED) is 0.413. The van der Waals surface area contributed by atoms with Crippen LogP contribution < -0.4 is 5.32 Å². The zero-order valence-electron chi connectivity index (χ0n) is 10.1. The average molecular weight is 232 g/mol. The van der Waals surface area contributed by atoms with Crippen molar-refractivity contribution in [3.05, 3.63) is 12.7 Å². The van der Waals surface area contributed by atoms with Crippen LogP contribution in [0, 0.1) is 0 Å². The Morgan fingerprint density at radius 1 is 1.50 bits per heavy atom. The molecule has 0 spiro atoms. The van der Waals surface area contributed by atoms with Gasteiger partial charge in [-0.25, -0.2) is 4.39 Å². The summed E-state index contributed by atoms with van der Waals surface area (Å²) in [7, 11) is 1.56. The van der Waals surface area contributed by atoms with Crippen LogP contribution in [-0.2, 0) is 4.79 Å². The van der Waals surface area contributed by atoms with Crippen LogP contribution >= 0.6 is 0 Å². The first-order valence-corrected chi connectivity index (χ1v) is 5.82. The number of alkyl halides is 1. The first-order valence-electron chi connectivity index (χ1n) is 5.82. The Morgan fingerprint density at radius 3 is 2.56 bits per heavy atom. The molecule has 1 amide bonds. The van der Waals surface area contributed by atoms with Crippen molar-refractivity contribution >= 4 is 6.41 Å². The van der Waals surface area contributed by atoms with E-state index in [0.717, 1.165) is 13.0 Å². The Bertz CT molecular complexity index is 187. The van der Waals surface area contributed by atoms with Gasteiger partial charge in [0.1, 0.15) is 6.17 Å². The topological polar surface area (TPSA) is 32.3 Å². The number of nitrogens with zero attached hydrogens (tertiary/aromatic N) is 1. The van der Waals surface area contributed by atoms with Crippen molar-refractivity contribution < 1.29 is 10.6 Å². The van der Waals surface area contributed by atoms with Gasteiger partial charge < -0.3 is 5.32 Å². The number of carbonyl (C=O) groups is 1.